The van der Waals surface area contributed by atoms with E-state index in [0.29, 0.717) is 13.0 Å². The van der Waals surface area contributed by atoms with Gasteiger partial charge in [-0.2, -0.15) is 0 Å². The minimum Gasteiger partial charge on any atom is -0.481 e. The maximum atomic E-state index is 11.6. The Morgan fingerprint density at radius 3 is 1.16 bits per heavy atom. The summed E-state index contributed by atoms with van der Waals surface area (Å²) in [5, 5.41) is 41.4. The Bertz CT molecular complexity index is 1700. The van der Waals surface area contributed by atoms with Crippen LogP contribution in [0.3, 0.4) is 0 Å². The lowest BCUT2D eigenvalue weighted by molar-refractivity contribution is -0.155. The number of aliphatic carboxylic acids is 3. The first-order valence-corrected chi connectivity index (χ1v) is 24.7. The highest BCUT2D eigenvalue weighted by Gasteiger charge is 2.18. The molecule has 2 atom stereocenters. The first kappa shape index (κ1) is 79.3. The van der Waals surface area contributed by atoms with E-state index in [1.807, 2.05) is 0 Å². The molecule has 7 N–H and O–H groups in total. The van der Waals surface area contributed by atoms with E-state index in [4.69, 9.17) is 40.7 Å². The SMILES string of the molecule is CC(=O)C(=O)CCC(=O)CO.CC(=O)C(=O)CCC(=O)O.CC(=O)C(N)CCC(=O)O.CC(=O)C(O)CCC(=O)O.CCC(=O)C(C)=O.CCCCCCCCOC(=O)CCC(=O)C(=O)OCCCCCCCC. The van der Waals surface area contributed by atoms with Crippen LogP contribution in [0.2, 0.25) is 0 Å². The molecule has 0 aromatic heterocycles. The van der Waals surface area contributed by atoms with Crippen molar-refractivity contribution >= 4 is 87.7 Å². The van der Waals surface area contributed by atoms with Crippen molar-refractivity contribution in [2.45, 2.75) is 215 Å². The molecule has 0 aliphatic heterocycles. The molecule has 0 aliphatic carbocycles. The third kappa shape index (κ3) is 65.9. The number of hydrogen-bond acceptors (Lipinski definition) is 20. The average Bonchev–Trinajstić information content (AvgIpc) is 3.34. The van der Waals surface area contributed by atoms with Gasteiger partial charge in [0.05, 0.1) is 32.1 Å². The van der Waals surface area contributed by atoms with Crippen LogP contribution < -0.4 is 5.73 Å². The smallest absolute Gasteiger partial charge is 0.374 e. The van der Waals surface area contributed by atoms with Crippen LogP contribution in [0.1, 0.15) is 203 Å². The number of ketones is 10. The number of carbonyl (C=O) groups excluding carboxylic acids is 12. The number of nitrogens with two attached hydrogens (primary N) is 1. The van der Waals surface area contributed by atoms with Crippen LogP contribution in [0.4, 0.5) is 0 Å². The molecule has 0 amide bonds. The predicted octanol–water partition coefficient (Wildman–Crippen LogP) is 4.76. The lowest BCUT2D eigenvalue weighted by Crippen LogP contribution is -2.28. The van der Waals surface area contributed by atoms with Gasteiger partial charge < -0.3 is 40.7 Å². The van der Waals surface area contributed by atoms with Gasteiger partial charge >= 0.3 is 29.8 Å². The van der Waals surface area contributed by atoms with Crippen molar-refractivity contribution in [3.63, 3.8) is 0 Å². The molecule has 0 radical (unpaired) electrons. The van der Waals surface area contributed by atoms with Crippen LogP contribution >= 0.6 is 0 Å². The van der Waals surface area contributed by atoms with Gasteiger partial charge in [-0.1, -0.05) is 85.0 Å². The van der Waals surface area contributed by atoms with Gasteiger partial charge in [-0.3, -0.25) is 67.1 Å². The van der Waals surface area contributed by atoms with E-state index in [0.717, 1.165) is 52.4 Å². The molecule has 0 fully saturated rings. The van der Waals surface area contributed by atoms with Crippen molar-refractivity contribution in [3.8, 4) is 0 Å². The van der Waals surface area contributed by atoms with Crippen molar-refractivity contribution in [2.75, 3.05) is 19.8 Å². The Balaban J connectivity index is -0.000000202. The summed E-state index contributed by atoms with van der Waals surface area (Å²) in [5.74, 6) is -8.80. The molecular weight excluding hydrogens is 979 g/mol. The van der Waals surface area contributed by atoms with Gasteiger partial charge in [0.1, 0.15) is 18.5 Å². The molecule has 74 heavy (non-hydrogen) atoms. The van der Waals surface area contributed by atoms with E-state index in [2.05, 4.69) is 13.8 Å². The summed E-state index contributed by atoms with van der Waals surface area (Å²) >= 11 is 0. The number of carboxylic acid groups (broad SMARTS) is 3. The quantitative estimate of drug-likeness (QED) is 0.0277. The van der Waals surface area contributed by atoms with Gasteiger partial charge in [0.2, 0.25) is 5.78 Å². The summed E-state index contributed by atoms with van der Waals surface area (Å²) in [5.41, 5.74) is 5.25. The molecule has 0 bridgehead atoms. The average molecular weight is 1060 g/mol. The number of hydrogen-bond donors (Lipinski definition) is 6. The third-order valence-electron chi connectivity index (χ3n) is 9.44. The van der Waals surface area contributed by atoms with Crippen molar-refractivity contribution in [1.82, 2.24) is 0 Å². The molecule has 0 rings (SSSR count). The number of carboxylic acids is 3. The summed E-state index contributed by atoms with van der Waals surface area (Å²) < 4.78 is 10.0. The maximum Gasteiger partial charge on any atom is 0.374 e. The second-order valence-electron chi connectivity index (χ2n) is 16.4. The molecule has 0 saturated carbocycles. The van der Waals surface area contributed by atoms with E-state index in [-0.39, 0.29) is 93.9 Å². The van der Waals surface area contributed by atoms with Crippen molar-refractivity contribution < 1.29 is 107 Å². The number of aliphatic hydroxyl groups excluding tert-OH is 2. The van der Waals surface area contributed by atoms with Crippen LogP contribution in [0.5, 0.6) is 0 Å². The normalized spacial score (nSPS) is 10.5. The van der Waals surface area contributed by atoms with Crippen LogP contribution in [-0.2, 0) is 81.4 Å². The second kappa shape index (κ2) is 54.7. The molecule has 0 aromatic carbocycles. The topological polar surface area (TPSA) is 402 Å². The van der Waals surface area contributed by atoms with Gasteiger partial charge in [-0.15, -0.1) is 0 Å². The zero-order valence-electron chi connectivity index (χ0n) is 44.8. The Labute approximate surface area is 434 Å². The van der Waals surface area contributed by atoms with Crippen LogP contribution in [-0.4, -0.2) is 145 Å². The fourth-order valence-electron chi connectivity index (χ4n) is 4.69. The molecule has 0 aliphatic rings. The Morgan fingerprint density at radius 2 is 0.811 bits per heavy atom. The standard InChI is InChI=1S/C21H38O5.C7H10O4.C6H11NO3.C6H10O4.C6H8O4.C5H8O2/c1-3-5-7-9-11-13-17-25-20(23)16-15-19(22)21(24)26-18-14-12-10-8-6-4-2;1-5(9)7(11)3-2-6(10)4-8;1-4(8)5(7)2-3-6(9)10;2*1-4(7)5(8)2-3-6(9)10;1-3-5(7)4(2)6/h3-18H2,1-2H3;8H,2-4H2,1H3;5H,2-3,7H2,1H3,(H,9,10);5,8H,2-3H2,1H3,(H,9,10);2-3H2,1H3,(H,9,10);3H2,1-2H3. The zero-order valence-corrected chi connectivity index (χ0v) is 44.8. The minimum atomic E-state index is -1.11. The molecule has 0 aromatic rings. The predicted molar refractivity (Wildman–Crippen MR) is 268 cm³/mol. The van der Waals surface area contributed by atoms with Gasteiger partial charge in [-0.25, -0.2) is 4.79 Å². The maximum absolute atomic E-state index is 11.6. The fraction of sp³-hybridized carbons (Fsp3) is 0.706. The van der Waals surface area contributed by atoms with Crippen LogP contribution in [0, 0.1) is 0 Å². The number of Topliss-reactive ketones (excluding diaryl/α,β-unsaturated/α-hetero) is 10. The number of ether oxygens (including phenoxy) is 2. The van der Waals surface area contributed by atoms with E-state index in [1.54, 1.807) is 6.92 Å². The second-order valence-corrected chi connectivity index (χ2v) is 16.4. The van der Waals surface area contributed by atoms with E-state index in [1.165, 1.54) is 59.3 Å². The number of rotatable bonds is 37. The number of esters is 2. The fourth-order valence-corrected chi connectivity index (χ4v) is 4.69. The Morgan fingerprint density at radius 1 is 0.432 bits per heavy atom. The van der Waals surface area contributed by atoms with Crippen molar-refractivity contribution in [2.24, 2.45) is 5.73 Å². The summed E-state index contributed by atoms with van der Waals surface area (Å²) in [6.45, 7) is 12.3. The van der Waals surface area contributed by atoms with Gasteiger partial charge in [-0.05, 0) is 39.5 Å². The van der Waals surface area contributed by atoms with Crippen molar-refractivity contribution in [1.29, 1.82) is 0 Å². The molecule has 0 saturated heterocycles. The summed E-state index contributed by atoms with van der Waals surface area (Å²) in [4.78, 5) is 157. The van der Waals surface area contributed by atoms with E-state index in [9.17, 15) is 71.9 Å². The lowest BCUT2D eigenvalue weighted by Gasteiger charge is -2.05. The largest absolute Gasteiger partial charge is 0.481 e. The molecule has 0 heterocycles. The highest BCUT2D eigenvalue weighted by molar-refractivity contribution is 6.37. The molecular formula is C51H85NO22. The first-order valence-electron chi connectivity index (χ1n) is 24.7. The van der Waals surface area contributed by atoms with E-state index < -0.39 is 83.3 Å². The summed E-state index contributed by atoms with van der Waals surface area (Å²) in [7, 11) is 0. The number of aliphatic hydroxyl groups is 2. The first-order chi connectivity index (χ1) is 34.5. The van der Waals surface area contributed by atoms with Crippen LogP contribution in [0.25, 0.3) is 0 Å². The van der Waals surface area contributed by atoms with Gasteiger partial charge in [0.15, 0.2) is 46.3 Å². The lowest BCUT2D eigenvalue weighted by atomic mass is 10.1. The zero-order chi connectivity index (χ0) is 58.6. The van der Waals surface area contributed by atoms with Crippen LogP contribution in [0.15, 0.2) is 0 Å². The number of carbonyl (C=O) groups is 15. The minimum absolute atomic E-state index is 0.00463. The molecule has 23 nitrogen and oxygen atoms in total. The summed E-state index contributed by atoms with van der Waals surface area (Å²) in [6.07, 6.45) is 11.7. The molecule has 23 heteroatoms. The monoisotopic (exact) mass is 1060 g/mol. The molecule has 2 unspecified atom stereocenters. The highest BCUT2D eigenvalue weighted by Crippen LogP contribution is 2.07. The number of unbranched alkanes of at least 4 members (excludes halogenated alkanes) is 10. The Kier molecular flexibility index (Phi) is 58.6. The highest BCUT2D eigenvalue weighted by atomic mass is 16.5. The van der Waals surface area contributed by atoms with Gasteiger partial charge in [0.25, 0.3) is 0 Å². The molecule has 0 spiro atoms. The third-order valence-corrected chi connectivity index (χ3v) is 9.44. The van der Waals surface area contributed by atoms with Gasteiger partial charge in [0, 0.05) is 65.7 Å². The summed E-state index contributed by atoms with van der Waals surface area (Å²) in [6, 6.07) is -0.615. The Hall–Kier alpha value is -6.07. The van der Waals surface area contributed by atoms with E-state index >= 15 is 0 Å². The van der Waals surface area contributed by atoms with Crippen molar-refractivity contribution in [3.05, 3.63) is 0 Å². The molecule has 426 valence electrons.